The van der Waals surface area contributed by atoms with Crippen molar-refractivity contribution in [2.24, 2.45) is 0 Å². The van der Waals surface area contributed by atoms with Gasteiger partial charge in [0.25, 0.3) is 5.91 Å². The average molecular weight is 376 g/mol. The summed E-state index contributed by atoms with van der Waals surface area (Å²) in [4.78, 5) is 12.3. The van der Waals surface area contributed by atoms with Gasteiger partial charge in [-0.1, -0.05) is 50.6 Å². The van der Waals surface area contributed by atoms with Gasteiger partial charge in [0.2, 0.25) is 0 Å². The van der Waals surface area contributed by atoms with Crippen LogP contribution >= 0.6 is 11.6 Å². The van der Waals surface area contributed by atoms with Crippen LogP contribution in [0.3, 0.4) is 0 Å². The molecule has 0 aliphatic heterocycles. The topological polar surface area (TPSA) is 47.6 Å². The minimum atomic E-state index is -0.542. The summed E-state index contributed by atoms with van der Waals surface area (Å²) in [5.41, 5.74) is 1.16. The molecule has 0 saturated heterocycles. The number of para-hydroxylation sites is 1. The molecule has 2 aromatic rings. The lowest BCUT2D eigenvalue weighted by molar-refractivity contribution is -0.128. The van der Waals surface area contributed by atoms with Crippen molar-refractivity contribution in [2.45, 2.75) is 39.2 Å². The fourth-order valence-electron chi connectivity index (χ4n) is 2.54. The second-order valence-electron chi connectivity index (χ2n) is 6.30. The molecule has 0 aliphatic rings. The van der Waals surface area contributed by atoms with Gasteiger partial charge in [-0.2, -0.15) is 0 Å². The van der Waals surface area contributed by atoms with Crippen molar-refractivity contribution in [1.82, 2.24) is 5.32 Å². The van der Waals surface area contributed by atoms with E-state index in [4.69, 9.17) is 21.1 Å². The molecule has 0 fully saturated rings. The van der Waals surface area contributed by atoms with Crippen LogP contribution in [0, 0.1) is 0 Å². The van der Waals surface area contributed by atoms with Crippen molar-refractivity contribution < 1.29 is 14.3 Å². The molecule has 1 N–H and O–H groups in total. The molecular formula is C21H26ClNO3. The fraction of sp³-hybridized carbons (Fsp3) is 0.381. The standard InChI is InChI=1S/C21H26ClNO3/c1-4-19(26-17-11-9-16(22)10-12-17)21(24)23-13-14-25-20-8-6-5-7-18(20)15(2)3/h5-12,15,19H,4,13-14H2,1-3H3,(H,23,24)/t19-/m1/s1. The quantitative estimate of drug-likeness (QED) is 0.639. The number of amides is 1. The maximum atomic E-state index is 12.3. The lowest BCUT2D eigenvalue weighted by atomic mass is 10.0. The monoisotopic (exact) mass is 375 g/mol. The number of rotatable bonds is 9. The molecule has 0 bridgehead atoms. The van der Waals surface area contributed by atoms with Gasteiger partial charge >= 0.3 is 0 Å². The maximum absolute atomic E-state index is 12.3. The van der Waals surface area contributed by atoms with Gasteiger partial charge in [0.1, 0.15) is 18.1 Å². The fourth-order valence-corrected chi connectivity index (χ4v) is 2.66. The first kappa shape index (κ1) is 20.1. The van der Waals surface area contributed by atoms with E-state index in [0.29, 0.717) is 36.3 Å². The van der Waals surface area contributed by atoms with Gasteiger partial charge in [0, 0.05) is 5.02 Å². The van der Waals surface area contributed by atoms with Crippen LogP contribution in [0.2, 0.25) is 5.02 Å². The lowest BCUT2D eigenvalue weighted by Crippen LogP contribution is -2.39. The van der Waals surface area contributed by atoms with Gasteiger partial charge in [-0.25, -0.2) is 0 Å². The number of ether oxygens (including phenoxy) is 2. The van der Waals surface area contributed by atoms with E-state index in [1.165, 1.54) is 0 Å². The summed E-state index contributed by atoms with van der Waals surface area (Å²) in [6.07, 6.45) is 0.0324. The van der Waals surface area contributed by atoms with Crippen LogP contribution in [0.5, 0.6) is 11.5 Å². The van der Waals surface area contributed by atoms with Crippen molar-refractivity contribution in [3.8, 4) is 11.5 Å². The number of halogens is 1. The third-order valence-corrected chi connectivity index (χ3v) is 4.21. The number of nitrogens with one attached hydrogen (secondary N) is 1. The molecule has 4 nitrogen and oxygen atoms in total. The minimum absolute atomic E-state index is 0.150. The van der Waals surface area contributed by atoms with E-state index in [-0.39, 0.29) is 5.91 Å². The summed E-state index contributed by atoms with van der Waals surface area (Å²) in [7, 11) is 0. The summed E-state index contributed by atoms with van der Waals surface area (Å²) >= 11 is 5.86. The zero-order chi connectivity index (χ0) is 18.9. The van der Waals surface area contributed by atoms with E-state index in [1.807, 2.05) is 25.1 Å². The Kier molecular flexibility index (Phi) is 7.79. The Hall–Kier alpha value is -2.20. The Morgan fingerprint density at radius 2 is 1.81 bits per heavy atom. The normalized spacial score (nSPS) is 11.9. The first-order chi connectivity index (χ1) is 12.5. The Bertz CT molecular complexity index is 701. The molecular weight excluding hydrogens is 350 g/mol. The van der Waals surface area contributed by atoms with E-state index >= 15 is 0 Å². The van der Waals surface area contributed by atoms with Gasteiger partial charge in [-0.3, -0.25) is 4.79 Å². The first-order valence-electron chi connectivity index (χ1n) is 8.93. The average Bonchev–Trinajstić information content (AvgIpc) is 2.64. The van der Waals surface area contributed by atoms with Crippen LogP contribution in [0.1, 0.15) is 38.7 Å². The third kappa shape index (κ3) is 5.95. The van der Waals surface area contributed by atoms with Gasteiger partial charge in [-0.15, -0.1) is 0 Å². The van der Waals surface area contributed by atoms with E-state index in [2.05, 4.69) is 25.2 Å². The summed E-state index contributed by atoms with van der Waals surface area (Å²) in [6, 6.07) is 15.0. The van der Waals surface area contributed by atoms with Gasteiger partial charge < -0.3 is 14.8 Å². The smallest absolute Gasteiger partial charge is 0.261 e. The van der Waals surface area contributed by atoms with Gasteiger partial charge in [-0.05, 0) is 48.2 Å². The van der Waals surface area contributed by atoms with Crippen LogP contribution in [0.4, 0.5) is 0 Å². The molecule has 5 heteroatoms. The third-order valence-electron chi connectivity index (χ3n) is 3.96. The predicted molar refractivity (Wildman–Crippen MR) is 105 cm³/mol. The number of carbonyl (C=O) groups excluding carboxylic acids is 1. The maximum Gasteiger partial charge on any atom is 0.261 e. The number of benzene rings is 2. The molecule has 0 aliphatic carbocycles. The zero-order valence-electron chi connectivity index (χ0n) is 15.5. The lowest BCUT2D eigenvalue weighted by Gasteiger charge is -2.18. The van der Waals surface area contributed by atoms with Crippen molar-refractivity contribution in [3.63, 3.8) is 0 Å². The highest BCUT2D eigenvalue weighted by Crippen LogP contribution is 2.25. The predicted octanol–water partition coefficient (Wildman–Crippen LogP) is 4.82. The van der Waals surface area contributed by atoms with Crippen molar-refractivity contribution >= 4 is 17.5 Å². The Morgan fingerprint density at radius 1 is 1.12 bits per heavy atom. The van der Waals surface area contributed by atoms with Crippen LogP contribution in [-0.4, -0.2) is 25.2 Å². The second-order valence-corrected chi connectivity index (χ2v) is 6.74. The van der Waals surface area contributed by atoms with Gasteiger partial charge in [0.05, 0.1) is 6.54 Å². The molecule has 0 aromatic heterocycles. The van der Waals surface area contributed by atoms with Crippen LogP contribution in [0.25, 0.3) is 0 Å². The van der Waals surface area contributed by atoms with E-state index in [9.17, 15) is 4.79 Å². The summed E-state index contributed by atoms with van der Waals surface area (Å²) in [5.74, 6) is 1.72. The molecule has 26 heavy (non-hydrogen) atoms. The first-order valence-corrected chi connectivity index (χ1v) is 9.30. The molecule has 0 unspecified atom stereocenters. The number of carbonyl (C=O) groups is 1. The van der Waals surface area contributed by atoms with Crippen LogP contribution < -0.4 is 14.8 Å². The molecule has 1 atom stereocenters. The highest BCUT2D eigenvalue weighted by Gasteiger charge is 2.18. The SMILES string of the molecule is CC[C@@H](Oc1ccc(Cl)cc1)C(=O)NCCOc1ccccc1C(C)C. The van der Waals surface area contributed by atoms with Crippen molar-refractivity contribution in [1.29, 1.82) is 0 Å². The highest BCUT2D eigenvalue weighted by atomic mass is 35.5. The van der Waals surface area contributed by atoms with Crippen molar-refractivity contribution in [3.05, 3.63) is 59.1 Å². The molecule has 2 rings (SSSR count). The summed E-state index contributed by atoms with van der Waals surface area (Å²) in [5, 5.41) is 3.50. The Labute approximate surface area is 160 Å². The molecule has 140 valence electrons. The zero-order valence-corrected chi connectivity index (χ0v) is 16.3. The molecule has 0 radical (unpaired) electrons. The molecule has 0 spiro atoms. The number of hydrogen-bond acceptors (Lipinski definition) is 3. The highest BCUT2D eigenvalue weighted by molar-refractivity contribution is 6.30. The summed E-state index contributed by atoms with van der Waals surface area (Å²) in [6.45, 7) is 7.00. The largest absolute Gasteiger partial charge is 0.491 e. The summed E-state index contributed by atoms with van der Waals surface area (Å²) < 4.78 is 11.6. The van der Waals surface area contributed by atoms with Crippen LogP contribution in [-0.2, 0) is 4.79 Å². The molecule has 1 amide bonds. The number of hydrogen-bond donors (Lipinski definition) is 1. The van der Waals surface area contributed by atoms with E-state index < -0.39 is 6.10 Å². The molecule has 0 heterocycles. The van der Waals surface area contributed by atoms with Crippen molar-refractivity contribution in [2.75, 3.05) is 13.2 Å². The van der Waals surface area contributed by atoms with Gasteiger partial charge in [0.15, 0.2) is 6.10 Å². The molecule has 0 saturated carbocycles. The minimum Gasteiger partial charge on any atom is -0.491 e. The Morgan fingerprint density at radius 3 is 2.46 bits per heavy atom. The van der Waals surface area contributed by atoms with E-state index in [0.717, 1.165) is 11.3 Å². The van der Waals surface area contributed by atoms with Crippen LogP contribution in [0.15, 0.2) is 48.5 Å². The Balaban J connectivity index is 1.81. The second kappa shape index (κ2) is 10.1. The molecule has 2 aromatic carbocycles. The van der Waals surface area contributed by atoms with E-state index in [1.54, 1.807) is 24.3 Å².